The van der Waals surface area contributed by atoms with Crippen LogP contribution >= 0.6 is 0 Å². The summed E-state index contributed by atoms with van der Waals surface area (Å²) in [6.07, 6.45) is 6.57. The summed E-state index contributed by atoms with van der Waals surface area (Å²) in [4.78, 5) is 0. The predicted molar refractivity (Wildman–Crippen MR) is 75.0 cm³/mol. The van der Waals surface area contributed by atoms with Crippen molar-refractivity contribution in [3.63, 3.8) is 0 Å². The van der Waals surface area contributed by atoms with Crippen LogP contribution in [0.1, 0.15) is 18.4 Å². The highest BCUT2D eigenvalue weighted by Gasteiger charge is 2.16. The first kappa shape index (κ1) is 12.2. The van der Waals surface area contributed by atoms with Crippen LogP contribution in [-0.2, 0) is 17.8 Å². The molecule has 1 fully saturated rings. The molecule has 0 saturated carbocycles. The van der Waals surface area contributed by atoms with Gasteiger partial charge < -0.3 is 10.1 Å². The van der Waals surface area contributed by atoms with Crippen LogP contribution in [0.15, 0.2) is 42.7 Å². The van der Waals surface area contributed by atoms with Gasteiger partial charge in [0.25, 0.3) is 0 Å². The first-order valence-corrected chi connectivity index (χ1v) is 6.82. The molecule has 1 saturated heterocycles. The number of anilines is 1. The molecule has 4 heteroatoms. The molecule has 4 nitrogen and oxygen atoms in total. The normalized spacial score (nSPS) is 18.6. The summed E-state index contributed by atoms with van der Waals surface area (Å²) in [5.41, 5.74) is 2.33. The number of ether oxygens (including phenoxy) is 1. The van der Waals surface area contributed by atoms with Crippen LogP contribution < -0.4 is 5.32 Å². The highest BCUT2D eigenvalue weighted by Crippen LogP contribution is 2.15. The van der Waals surface area contributed by atoms with Crippen molar-refractivity contribution in [2.24, 2.45) is 0 Å². The van der Waals surface area contributed by atoms with Gasteiger partial charge in [0.15, 0.2) is 0 Å². The number of rotatable bonds is 5. The molecular weight excluding hydrogens is 238 g/mol. The Balaban J connectivity index is 1.53. The van der Waals surface area contributed by atoms with Gasteiger partial charge in [0.2, 0.25) is 0 Å². The highest BCUT2D eigenvalue weighted by atomic mass is 16.5. The van der Waals surface area contributed by atoms with E-state index >= 15 is 0 Å². The molecule has 0 radical (unpaired) electrons. The van der Waals surface area contributed by atoms with Crippen LogP contribution in [0, 0.1) is 0 Å². The Morgan fingerprint density at radius 3 is 3.00 bits per heavy atom. The van der Waals surface area contributed by atoms with Gasteiger partial charge in [-0.3, -0.25) is 4.68 Å². The van der Waals surface area contributed by atoms with Crippen molar-refractivity contribution in [2.75, 3.05) is 11.9 Å². The fourth-order valence-electron chi connectivity index (χ4n) is 2.35. The molecule has 1 aliphatic rings. The maximum absolute atomic E-state index is 5.61. The molecule has 19 heavy (non-hydrogen) atoms. The molecule has 0 spiro atoms. The summed E-state index contributed by atoms with van der Waals surface area (Å²) in [5, 5.41) is 7.75. The van der Waals surface area contributed by atoms with Crippen molar-refractivity contribution in [3.05, 3.63) is 48.3 Å². The van der Waals surface area contributed by atoms with E-state index in [0.29, 0.717) is 6.10 Å². The van der Waals surface area contributed by atoms with Gasteiger partial charge in [0, 0.05) is 19.3 Å². The Bertz CT molecular complexity index is 503. The van der Waals surface area contributed by atoms with E-state index in [2.05, 4.69) is 34.7 Å². The lowest BCUT2D eigenvalue weighted by Crippen LogP contribution is -2.15. The molecule has 100 valence electrons. The lowest BCUT2D eigenvalue weighted by atomic mass is 10.2. The second kappa shape index (κ2) is 5.89. The van der Waals surface area contributed by atoms with Gasteiger partial charge >= 0.3 is 0 Å². The van der Waals surface area contributed by atoms with Crippen molar-refractivity contribution in [1.29, 1.82) is 0 Å². The lowest BCUT2D eigenvalue weighted by Gasteiger charge is -2.08. The summed E-state index contributed by atoms with van der Waals surface area (Å²) in [7, 11) is 0. The molecule has 2 aromatic rings. The van der Waals surface area contributed by atoms with Crippen molar-refractivity contribution in [2.45, 2.75) is 32.0 Å². The summed E-state index contributed by atoms with van der Waals surface area (Å²) in [5.74, 6) is 0. The minimum Gasteiger partial charge on any atom is -0.378 e. The Labute approximate surface area is 113 Å². The average Bonchev–Trinajstić information content (AvgIpc) is 3.10. The predicted octanol–water partition coefficient (Wildman–Crippen LogP) is 2.67. The smallest absolute Gasteiger partial charge is 0.0771 e. The number of nitrogens with one attached hydrogen (secondary N) is 1. The minimum atomic E-state index is 0.335. The van der Waals surface area contributed by atoms with E-state index in [-0.39, 0.29) is 0 Å². The maximum Gasteiger partial charge on any atom is 0.0771 e. The zero-order valence-electron chi connectivity index (χ0n) is 11.0. The third-order valence-corrected chi connectivity index (χ3v) is 3.39. The molecule has 3 rings (SSSR count). The number of hydrogen-bond donors (Lipinski definition) is 1. The average molecular weight is 257 g/mol. The molecular formula is C15H19N3O. The van der Waals surface area contributed by atoms with Crippen LogP contribution in [0.2, 0.25) is 0 Å². The van der Waals surface area contributed by atoms with E-state index < -0.39 is 0 Å². The van der Waals surface area contributed by atoms with Crippen LogP contribution in [-0.4, -0.2) is 22.5 Å². The molecule has 2 heterocycles. The summed E-state index contributed by atoms with van der Waals surface area (Å²) >= 11 is 0. The van der Waals surface area contributed by atoms with Gasteiger partial charge in [-0.25, -0.2) is 0 Å². The topological polar surface area (TPSA) is 39.1 Å². The van der Waals surface area contributed by atoms with Crippen molar-refractivity contribution < 1.29 is 4.74 Å². The SMILES string of the molecule is c1ccc(CNc2cnn(CC3CCCO3)c2)cc1. The van der Waals surface area contributed by atoms with E-state index in [4.69, 9.17) is 4.74 Å². The second-order valence-electron chi connectivity index (χ2n) is 4.93. The fourth-order valence-corrected chi connectivity index (χ4v) is 2.35. The Kier molecular flexibility index (Phi) is 3.79. The van der Waals surface area contributed by atoms with E-state index in [1.54, 1.807) is 0 Å². The van der Waals surface area contributed by atoms with Gasteiger partial charge in [-0.05, 0) is 18.4 Å². The largest absolute Gasteiger partial charge is 0.378 e. The molecule has 0 amide bonds. The Hall–Kier alpha value is -1.81. The monoisotopic (exact) mass is 257 g/mol. The first-order valence-electron chi connectivity index (χ1n) is 6.82. The number of benzene rings is 1. The molecule has 0 aliphatic carbocycles. The zero-order valence-corrected chi connectivity index (χ0v) is 11.0. The number of nitrogens with zero attached hydrogens (tertiary/aromatic N) is 2. The maximum atomic E-state index is 5.61. The van der Waals surface area contributed by atoms with Crippen LogP contribution in [0.4, 0.5) is 5.69 Å². The quantitative estimate of drug-likeness (QED) is 0.895. The van der Waals surface area contributed by atoms with E-state index in [1.807, 2.05) is 23.1 Å². The van der Waals surface area contributed by atoms with Crippen LogP contribution in [0.5, 0.6) is 0 Å². The summed E-state index contributed by atoms with van der Waals surface area (Å²) in [6.45, 7) is 2.57. The van der Waals surface area contributed by atoms with E-state index in [1.165, 1.54) is 12.0 Å². The van der Waals surface area contributed by atoms with Crippen LogP contribution in [0.25, 0.3) is 0 Å². The molecule has 1 aromatic carbocycles. The number of hydrogen-bond acceptors (Lipinski definition) is 3. The Morgan fingerprint density at radius 2 is 2.21 bits per heavy atom. The third kappa shape index (κ3) is 3.35. The van der Waals surface area contributed by atoms with Crippen molar-refractivity contribution >= 4 is 5.69 Å². The molecule has 1 aromatic heterocycles. The van der Waals surface area contributed by atoms with E-state index in [0.717, 1.165) is 31.8 Å². The minimum absolute atomic E-state index is 0.335. The first-order chi connectivity index (χ1) is 9.40. The van der Waals surface area contributed by atoms with Gasteiger partial charge in [0.1, 0.15) is 0 Å². The molecule has 1 N–H and O–H groups in total. The van der Waals surface area contributed by atoms with Crippen molar-refractivity contribution in [1.82, 2.24) is 9.78 Å². The van der Waals surface area contributed by atoms with E-state index in [9.17, 15) is 0 Å². The Morgan fingerprint density at radius 1 is 1.32 bits per heavy atom. The van der Waals surface area contributed by atoms with Gasteiger partial charge in [0.05, 0.1) is 24.5 Å². The van der Waals surface area contributed by atoms with Gasteiger partial charge in [-0.2, -0.15) is 5.10 Å². The summed E-state index contributed by atoms with van der Waals surface area (Å²) < 4.78 is 7.58. The second-order valence-corrected chi connectivity index (χ2v) is 4.93. The standard InChI is InChI=1S/C15H19N3O/c1-2-5-13(6-3-1)9-16-14-10-17-18(11-14)12-15-7-4-8-19-15/h1-3,5-6,10-11,15-16H,4,7-9,12H2. The third-order valence-electron chi connectivity index (χ3n) is 3.39. The molecule has 1 atom stereocenters. The highest BCUT2D eigenvalue weighted by molar-refractivity contribution is 5.39. The molecule has 0 bridgehead atoms. The lowest BCUT2D eigenvalue weighted by molar-refractivity contribution is 0.0940. The summed E-state index contributed by atoms with van der Waals surface area (Å²) in [6, 6.07) is 10.4. The molecule has 1 unspecified atom stereocenters. The van der Waals surface area contributed by atoms with Crippen LogP contribution in [0.3, 0.4) is 0 Å². The van der Waals surface area contributed by atoms with Gasteiger partial charge in [-0.15, -0.1) is 0 Å². The number of aromatic nitrogens is 2. The zero-order chi connectivity index (χ0) is 12.9. The van der Waals surface area contributed by atoms with Gasteiger partial charge in [-0.1, -0.05) is 30.3 Å². The van der Waals surface area contributed by atoms with Crippen molar-refractivity contribution in [3.8, 4) is 0 Å². The fraction of sp³-hybridized carbons (Fsp3) is 0.400. The molecule has 1 aliphatic heterocycles.